The van der Waals surface area contributed by atoms with E-state index in [0.717, 1.165) is 15.2 Å². The SMILES string of the molecule is Cc1coc(Sc2ncc(Cl)cc2Br)n1. The average Bonchev–Trinajstić information content (AvgIpc) is 2.56. The third-order valence-corrected chi connectivity index (χ3v) is 3.51. The third-order valence-electron chi connectivity index (χ3n) is 1.56. The Labute approximate surface area is 104 Å². The molecule has 0 aliphatic rings. The predicted molar refractivity (Wildman–Crippen MR) is 62.3 cm³/mol. The highest BCUT2D eigenvalue weighted by atomic mass is 79.9. The molecule has 15 heavy (non-hydrogen) atoms. The van der Waals surface area contributed by atoms with Crippen LogP contribution in [-0.2, 0) is 0 Å². The summed E-state index contributed by atoms with van der Waals surface area (Å²) in [6.07, 6.45) is 3.19. The molecule has 0 unspecified atom stereocenters. The first-order valence-electron chi connectivity index (χ1n) is 4.06. The van der Waals surface area contributed by atoms with Gasteiger partial charge in [-0.2, -0.15) is 0 Å². The molecule has 2 aromatic heterocycles. The van der Waals surface area contributed by atoms with Crippen LogP contribution in [0.1, 0.15) is 5.69 Å². The van der Waals surface area contributed by atoms with E-state index < -0.39 is 0 Å². The van der Waals surface area contributed by atoms with Gasteiger partial charge in [0.1, 0.15) is 11.3 Å². The van der Waals surface area contributed by atoms with Crippen molar-refractivity contribution in [1.82, 2.24) is 9.97 Å². The fourth-order valence-electron chi connectivity index (χ4n) is 0.939. The van der Waals surface area contributed by atoms with Gasteiger partial charge in [-0.3, -0.25) is 0 Å². The zero-order valence-corrected chi connectivity index (χ0v) is 10.9. The van der Waals surface area contributed by atoms with Gasteiger partial charge in [0.25, 0.3) is 5.22 Å². The predicted octanol–water partition coefficient (Wildman–Crippen LogP) is 3.95. The van der Waals surface area contributed by atoms with Crippen LogP contribution < -0.4 is 0 Å². The van der Waals surface area contributed by atoms with Gasteiger partial charge in [0, 0.05) is 6.20 Å². The number of hydrogen-bond donors (Lipinski definition) is 0. The molecule has 2 rings (SSSR count). The van der Waals surface area contributed by atoms with Crippen LogP contribution >= 0.6 is 39.3 Å². The zero-order chi connectivity index (χ0) is 10.8. The van der Waals surface area contributed by atoms with E-state index in [1.54, 1.807) is 18.5 Å². The molecule has 0 bridgehead atoms. The summed E-state index contributed by atoms with van der Waals surface area (Å²) >= 11 is 10.5. The topological polar surface area (TPSA) is 38.9 Å². The van der Waals surface area contributed by atoms with Crippen LogP contribution in [0, 0.1) is 6.92 Å². The van der Waals surface area contributed by atoms with E-state index in [1.807, 2.05) is 6.92 Å². The molecule has 0 saturated heterocycles. The monoisotopic (exact) mass is 304 g/mol. The molecule has 6 heteroatoms. The van der Waals surface area contributed by atoms with Gasteiger partial charge in [0.2, 0.25) is 0 Å². The maximum absolute atomic E-state index is 5.78. The lowest BCUT2D eigenvalue weighted by Gasteiger charge is -1.99. The molecular weight excluding hydrogens is 300 g/mol. The Morgan fingerprint density at radius 1 is 1.53 bits per heavy atom. The molecule has 0 fully saturated rings. The fourth-order valence-corrected chi connectivity index (χ4v) is 2.53. The minimum atomic E-state index is 0.572. The van der Waals surface area contributed by atoms with Crippen LogP contribution in [0.15, 0.2) is 37.7 Å². The normalized spacial score (nSPS) is 10.6. The summed E-state index contributed by atoms with van der Waals surface area (Å²) in [7, 11) is 0. The highest BCUT2D eigenvalue weighted by Crippen LogP contribution is 2.32. The van der Waals surface area contributed by atoms with Crippen molar-refractivity contribution in [2.75, 3.05) is 0 Å². The lowest BCUT2D eigenvalue weighted by atomic mass is 10.5. The Bertz CT molecular complexity index is 489. The number of rotatable bonds is 2. The highest BCUT2D eigenvalue weighted by molar-refractivity contribution is 9.10. The van der Waals surface area contributed by atoms with Gasteiger partial charge in [0.15, 0.2) is 0 Å². The van der Waals surface area contributed by atoms with Crippen molar-refractivity contribution in [3.8, 4) is 0 Å². The Balaban J connectivity index is 2.24. The second kappa shape index (κ2) is 4.55. The van der Waals surface area contributed by atoms with E-state index in [1.165, 1.54) is 11.8 Å². The zero-order valence-electron chi connectivity index (χ0n) is 7.70. The molecule has 0 amide bonds. The standard InChI is InChI=1S/C9H6BrClN2OS/c1-5-4-14-9(13-5)15-8-7(10)2-6(11)3-12-8/h2-4H,1H3. The van der Waals surface area contributed by atoms with E-state index in [0.29, 0.717) is 10.2 Å². The first-order valence-corrected chi connectivity index (χ1v) is 6.05. The summed E-state index contributed by atoms with van der Waals surface area (Å²) in [6.45, 7) is 1.87. The van der Waals surface area contributed by atoms with Gasteiger partial charge in [0.05, 0.1) is 15.2 Å². The van der Waals surface area contributed by atoms with Crippen molar-refractivity contribution in [2.45, 2.75) is 17.2 Å². The largest absolute Gasteiger partial charge is 0.439 e. The molecule has 3 nitrogen and oxygen atoms in total. The summed E-state index contributed by atoms with van der Waals surface area (Å²) in [5.74, 6) is 0. The second-order valence-corrected chi connectivity index (χ2v) is 5.03. The molecule has 0 aromatic carbocycles. The first kappa shape index (κ1) is 11.0. The number of aryl methyl sites for hydroxylation is 1. The molecule has 0 aliphatic carbocycles. The summed E-state index contributed by atoms with van der Waals surface area (Å²) in [5.41, 5.74) is 0.850. The van der Waals surface area contributed by atoms with Gasteiger partial charge in [-0.15, -0.1) is 0 Å². The van der Waals surface area contributed by atoms with Crippen molar-refractivity contribution < 1.29 is 4.42 Å². The fraction of sp³-hybridized carbons (Fsp3) is 0.111. The number of halogens is 2. The minimum Gasteiger partial charge on any atom is -0.439 e. The smallest absolute Gasteiger partial charge is 0.262 e. The number of hydrogen-bond acceptors (Lipinski definition) is 4. The highest BCUT2D eigenvalue weighted by Gasteiger charge is 2.08. The maximum atomic E-state index is 5.78. The van der Waals surface area contributed by atoms with E-state index in [4.69, 9.17) is 16.0 Å². The van der Waals surface area contributed by atoms with Crippen molar-refractivity contribution in [1.29, 1.82) is 0 Å². The van der Waals surface area contributed by atoms with Gasteiger partial charge in [-0.05, 0) is 40.7 Å². The molecule has 2 aromatic rings. The van der Waals surface area contributed by atoms with Crippen LogP contribution in [0.4, 0.5) is 0 Å². The number of oxazole rings is 1. The molecule has 0 aliphatic heterocycles. The summed E-state index contributed by atoms with van der Waals surface area (Å²) < 4.78 is 6.04. The summed E-state index contributed by atoms with van der Waals surface area (Å²) in [5, 5.41) is 1.94. The van der Waals surface area contributed by atoms with Crippen LogP contribution in [-0.4, -0.2) is 9.97 Å². The van der Waals surface area contributed by atoms with Crippen LogP contribution in [0.2, 0.25) is 5.02 Å². The Morgan fingerprint density at radius 3 is 2.93 bits per heavy atom. The minimum absolute atomic E-state index is 0.572. The van der Waals surface area contributed by atoms with Gasteiger partial charge >= 0.3 is 0 Å². The quantitative estimate of drug-likeness (QED) is 0.842. The molecule has 78 valence electrons. The van der Waals surface area contributed by atoms with Crippen LogP contribution in [0.3, 0.4) is 0 Å². The Hall–Kier alpha value is -0.520. The lowest BCUT2D eigenvalue weighted by molar-refractivity contribution is 0.453. The molecule has 0 spiro atoms. The van der Waals surface area contributed by atoms with Gasteiger partial charge in [-0.25, -0.2) is 9.97 Å². The molecule has 0 saturated carbocycles. The van der Waals surface area contributed by atoms with E-state index in [-0.39, 0.29) is 0 Å². The first-order chi connectivity index (χ1) is 7.15. The molecule has 0 N–H and O–H groups in total. The maximum Gasteiger partial charge on any atom is 0.262 e. The van der Waals surface area contributed by atoms with Gasteiger partial charge in [-0.1, -0.05) is 11.6 Å². The van der Waals surface area contributed by atoms with Crippen LogP contribution in [0.5, 0.6) is 0 Å². The third kappa shape index (κ3) is 2.74. The number of pyridine rings is 1. The van der Waals surface area contributed by atoms with Gasteiger partial charge < -0.3 is 4.42 Å². The van der Waals surface area contributed by atoms with Crippen LogP contribution in [0.25, 0.3) is 0 Å². The Morgan fingerprint density at radius 2 is 2.33 bits per heavy atom. The molecule has 0 radical (unpaired) electrons. The molecule has 0 atom stereocenters. The number of nitrogens with zero attached hydrogens (tertiary/aromatic N) is 2. The van der Waals surface area contributed by atoms with E-state index in [2.05, 4.69) is 25.9 Å². The van der Waals surface area contributed by atoms with E-state index in [9.17, 15) is 0 Å². The van der Waals surface area contributed by atoms with Crippen molar-refractivity contribution in [3.63, 3.8) is 0 Å². The summed E-state index contributed by atoms with van der Waals surface area (Å²) in [4.78, 5) is 8.34. The lowest BCUT2D eigenvalue weighted by Crippen LogP contribution is -1.82. The summed E-state index contributed by atoms with van der Waals surface area (Å²) in [6, 6.07) is 1.78. The van der Waals surface area contributed by atoms with Crippen molar-refractivity contribution >= 4 is 39.3 Å². The van der Waals surface area contributed by atoms with Crippen molar-refractivity contribution in [3.05, 3.63) is 33.7 Å². The second-order valence-electron chi connectivity index (χ2n) is 2.80. The van der Waals surface area contributed by atoms with E-state index >= 15 is 0 Å². The number of aromatic nitrogens is 2. The Kier molecular flexibility index (Phi) is 3.33. The average molecular weight is 306 g/mol. The van der Waals surface area contributed by atoms with Crippen molar-refractivity contribution in [2.24, 2.45) is 0 Å². The molecule has 2 heterocycles. The molecular formula is C9H6BrClN2OS.